The van der Waals surface area contributed by atoms with Gasteiger partial charge in [0, 0.05) is 35.8 Å². The van der Waals surface area contributed by atoms with Crippen molar-refractivity contribution in [2.75, 3.05) is 23.1 Å². The minimum Gasteiger partial charge on any atom is -0.437 e. The number of piperidine rings is 1. The van der Waals surface area contributed by atoms with Crippen molar-refractivity contribution in [1.29, 1.82) is 0 Å². The first-order chi connectivity index (χ1) is 20.9. The minimum absolute atomic E-state index is 0.272. The topological polar surface area (TPSA) is 118 Å². The number of nitrogens with one attached hydrogen (secondary N) is 3. The first-order valence-electron chi connectivity index (χ1n) is 14.4. The van der Waals surface area contributed by atoms with Crippen LogP contribution in [0.2, 0.25) is 0 Å². The summed E-state index contributed by atoms with van der Waals surface area (Å²) in [4.78, 5) is 13.8. The van der Waals surface area contributed by atoms with Gasteiger partial charge in [-0.2, -0.15) is 0 Å². The quantitative estimate of drug-likeness (QED) is 0.178. The van der Waals surface area contributed by atoms with Gasteiger partial charge >= 0.3 is 0 Å². The number of pyridine rings is 1. The number of aryl methyl sites for hydroxylation is 1. The predicted octanol–water partition coefficient (Wildman–Crippen LogP) is 6.46. The van der Waals surface area contributed by atoms with Crippen molar-refractivity contribution < 1.29 is 13.2 Å². The molecule has 3 heterocycles. The first kappa shape index (κ1) is 28.6. The lowest BCUT2D eigenvalue weighted by atomic mass is 10.0. The van der Waals surface area contributed by atoms with E-state index < -0.39 is 15.3 Å². The van der Waals surface area contributed by atoms with Crippen molar-refractivity contribution in [3.8, 4) is 22.9 Å². The zero-order valence-electron chi connectivity index (χ0n) is 24.1. The van der Waals surface area contributed by atoms with Crippen molar-refractivity contribution in [1.82, 2.24) is 20.3 Å². The van der Waals surface area contributed by atoms with E-state index in [-0.39, 0.29) is 6.04 Å². The van der Waals surface area contributed by atoms with Crippen LogP contribution in [0.4, 0.5) is 11.6 Å². The van der Waals surface area contributed by atoms with Gasteiger partial charge in [-0.25, -0.2) is 23.4 Å². The molecule has 3 aromatic carbocycles. The van der Waals surface area contributed by atoms with E-state index in [9.17, 15) is 8.42 Å². The Balaban J connectivity index is 1.32. The van der Waals surface area contributed by atoms with Gasteiger partial charge in [-0.3, -0.25) is 4.72 Å². The Bertz CT molecular complexity index is 1840. The molecule has 2 aromatic heterocycles. The molecule has 2 atom stereocenters. The lowest BCUT2D eigenvalue weighted by molar-refractivity contribution is 0.466. The molecular weight excluding hydrogens is 560 g/mol. The summed E-state index contributed by atoms with van der Waals surface area (Å²) in [7, 11) is -3.72. The second-order valence-electron chi connectivity index (χ2n) is 10.7. The van der Waals surface area contributed by atoms with Gasteiger partial charge in [-0.05, 0) is 68.6 Å². The summed E-state index contributed by atoms with van der Waals surface area (Å²) < 4.78 is 36.1. The largest absolute Gasteiger partial charge is 0.437 e. The SMILES string of the molecule is Cc1ccc2c(NS(=O)(=O)[C@H](C)c3ccccc3)cccc2c1Oc1ncccc1-c1ccnc(N[C@H]2CCCNC2)n1. The molecule has 0 aliphatic carbocycles. The second kappa shape index (κ2) is 12.4. The van der Waals surface area contributed by atoms with Crippen molar-refractivity contribution >= 4 is 32.4 Å². The molecule has 43 heavy (non-hydrogen) atoms. The summed E-state index contributed by atoms with van der Waals surface area (Å²) in [6.45, 7) is 5.54. The molecule has 0 unspecified atom stereocenters. The van der Waals surface area contributed by atoms with E-state index in [0.29, 0.717) is 29.0 Å². The van der Waals surface area contributed by atoms with Gasteiger partial charge in [0.1, 0.15) is 11.0 Å². The fourth-order valence-corrected chi connectivity index (χ4v) is 6.48. The van der Waals surface area contributed by atoms with Gasteiger partial charge in [0.25, 0.3) is 0 Å². The number of hydrogen-bond donors (Lipinski definition) is 3. The van der Waals surface area contributed by atoms with Crippen molar-refractivity contribution in [3.63, 3.8) is 0 Å². The van der Waals surface area contributed by atoms with E-state index in [1.807, 2.05) is 79.7 Å². The predicted molar refractivity (Wildman–Crippen MR) is 171 cm³/mol. The van der Waals surface area contributed by atoms with E-state index in [2.05, 4.69) is 25.3 Å². The number of ether oxygens (including phenoxy) is 1. The number of fused-ring (bicyclic) bond motifs is 1. The van der Waals surface area contributed by atoms with Crippen LogP contribution >= 0.6 is 0 Å². The van der Waals surface area contributed by atoms with Crippen molar-refractivity contribution in [3.05, 3.63) is 102 Å². The molecule has 10 heteroatoms. The Morgan fingerprint density at radius 2 is 1.79 bits per heavy atom. The molecule has 0 bridgehead atoms. The molecule has 1 saturated heterocycles. The summed E-state index contributed by atoms with van der Waals surface area (Å²) in [5.41, 5.74) is 3.49. The Labute approximate surface area is 251 Å². The summed E-state index contributed by atoms with van der Waals surface area (Å²) in [6.07, 6.45) is 5.58. The highest BCUT2D eigenvalue weighted by Crippen LogP contribution is 2.39. The maximum Gasteiger partial charge on any atom is 0.239 e. The number of anilines is 2. The lowest BCUT2D eigenvalue weighted by Gasteiger charge is -2.23. The molecule has 0 saturated carbocycles. The number of hydrogen-bond acceptors (Lipinski definition) is 8. The number of rotatable bonds is 9. The highest BCUT2D eigenvalue weighted by atomic mass is 32.2. The molecule has 5 aromatic rings. The van der Waals surface area contributed by atoms with E-state index >= 15 is 0 Å². The number of benzene rings is 3. The zero-order chi connectivity index (χ0) is 29.8. The van der Waals surface area contributed by atoms with Crippen molar-refractivity contribution in [2.24, 2.45) is 0 Å². The Morgan fingerprint density at radius 3 is 2.60 bits per heavy atom. The maximum absolute atomic E-state index is 13.4. The van der Waals surface area contributed by atoms with Crippen LogP contribution in [0.15, 0.2) is 91.3 Å². The number of aromatic nitrogens is 3. The van der Waals surface area contributed by atoms with Gasteiger partial charge in [0.15, 0.2) is 0 Å². The van der Waals surface area contributed by atoms with Crippen LogP contribution in [0.25, 0.3) is 22.0 Å². The van der Waals surface area contributed by atoms with E-state index in [0.717, 1.165) is 53.4 Å². The van der Waals surface area contributed by atoms with Crippen LogP contribution in [0.1, 0.15) is 36.1 Å². The summed E-state index contributed by atoms with van der Waals surface area (Å²) in [5, 5.41) is 7.59. The third-order valence-electron chi connectivity index (χ3n) is 7.73. The van der Waals surface area contributed by atoms with E-state index in [4.69, 9.17) is 9.72 Å². The molecule has 3 N–H and O–H groups in total. The second-order valence-corrected chi connectivity index (χ2v) is 12.7. The van der Waals surface area contributed by atoms with Gasteiger partial charge < -0.3 is 15.4 Å². The monoisotopic (exact) mass is 594 g/mol. The molecule has 1 aliphatic heterocycles. The van der Waals surface area contributed by atoms with Crippen LogP contribution in [0.3, 0.4) is 0 Å². The Kier molecular flexibility index (Phi) is 8.22. The van der Waals surface area contributed by atoms with Gasteiger partial charge in [-0.15, -0.1) is 0 Å². The first-order valence-corrected chi connectivity index (χ1v) is 16.0. The summed E-state index contributed by atoms with van der Waals surface area (Å²) in [6, 6.07) is 24.4. The molecule has 0 amide bonds. The molecule has 9 nitrogen and oxygen atoms in total. The van der Waals surface area contributed by atoms with Crippen LogP contribution < -0.4 is 20.1 Å². The number of sulfonamides is 1. The van der Waals surface area contributed by atoms with Gasteiger partial charge in [0.05, 0.1) is 16.9 Å². The normalized spacial score (nSPS) is 16.0. The highest BCUT2D eigenvalue weighted by molar-refractivity contribution is 7.92. The van der Waals surface area contributed by atoms with Crippen LogP contribution in [-0.2, 0) is 10.0 Å². The van der Waals surface area contributed by atoms with Crippen molar-refractivity contribution in [2.45, 2.75) is 38.0 Å². The Morgan fingerprint density at radius 1 is 0.930 bits per heavy atom. The smallest absolute Gasteiger partial charge is 0.239 e. The molecule has 0 radical (unpaired) electrons. The molecule has 1 fully saturated rings. The van der Waals surface area contributed by atoms with E-state index in [1.165, 1.54) is 0 Å². The average molecular weight is 595 g/mol. The third kappa shape index (κ3) is 6.30. The van der Waals surface area contributed by atoms with Gasteiger partial charge in [0.2, 0.25) is 21.9 Å². The molecule has 0 spiro atoms. The molecular formula is C33H34N6O3S. The fraction of sp³-hybridized carbons (Fsp3) is 0.242. The fourth-order valence-electron chi connectivity index (χ4n) is 5.31. The lowest BCUT2D eigenvalue weighted by Crippen LogP contribution is -2.38. The highest BCUT2D eigenvalue weighted by Gasteiger charge is 2.24. The maximum atomic E-state index is 13.4. The Hall–Kier alpha value is -4.54. The zero-order valence-corrected chi connectivity index (χ0v) is 24.9. The minimum atomic E-state index is -3.72. The molecule has 1 aliphatic rings. The third-order valence-corrected chi connectivity index (χ3v) is 9.43. The van der Waals surface area contributed by atoms with Crippen LogP contribution in [-0.4, -0.2) is 42.5 Å². The standard InChI is InChI=1S/C33H34N6O3S/c1-22-15-16-26-27(12-6-14-30(26)39-43(40,41)23(2)24-9-4-3-5-10-24)31(22)42-32-28(13-8-19-35-32)29-17-20-36-33(38-29)37-25-11-7-18-34-21-25/h3-6,8-10,12-17,19-20,23,25,34,39H,7,11,18,21H2,1-2H3,(H,36,37,38)/t23-,25+/m1/s1. The van der Waals surface area contributed by atoms with Crippen LogP contribution in [0.5, 0.6) is 11.6 Å². The molecule has 6 rings (SSSR count). The molecule has 220 valence electrons. The van der Waals surface area contributed by atoms with Gasteiger partial charge in [-0.1, -0.05) is 54.6 Å². The number of nitrogens with zero attached hydrogens (tertiary/aromatic N) is 3. The summed E-state index contributed by atoms with van der Waals surface area (Å²) in [5.74, 6) is 1.55. The summed E-state index contributed by atoms with van der Waals surface area (Å²) >= 11 is 0. The van der Waals surface area contributed by atoms with E-state index in [1.54, 1.807) is 25.4 Å². The van der Waals surface area contributed by atoms with Crippen LogP contribution in [0, 0.1) is 6.92 Å². The average Bonchev–Trinajstić information content (AvgIpc) is 3.03.